The fraction of sp³-hybridized carbons (Fsp3) is 0.283. The van der Waals surface area contributed by atoms with Crippen LogP contribution in [-0.2, 0) is 46.6 Å². The summed E-state index contributed by atoms with van der Waals surface area (Å²) in [6, 6.07) is 12.7. The molecule has 77 heavy (non-hydrogen) atoms. The molecule has 4 fully saturated rings. The van der Waals surface area contributed by atoms with Gasteiger partial charge in [0, 0.05) is 121 Å². The van der Waals surface area contributed by atoms with Crippen molar-refractivity contribution >= 4 is 139 Å². The molecule has 0 bridgehead atoms. The second kappa shape index (κ2) is 32.2. The van der Waals surface area contributed by atoms with E-state index in [1.165, 1.54) is 47.8 Å². The van der Waals surface area contributed by atoms with E-state index in [-0.39, 0.29) is 84.3 Å². The number of pyridine rings is 4. The van der Waals surface area contributed by atoms with E-state index in [0.29, 0.717) is 76.5 Å². The van der Waals surface area contributed by atoms with Crippen LogP contribution in [0.5, 0.6) is 0 Å². The van der Waals surface area contributed by atoms with Gasteiger partial charge >= 0.3 is 16.7 Å². The Bertz CT molecular complexity index is 2970. The fourth-order valence-electron chi connectivity index (χ4n) is 6.83. The van der Waals surface area contributed by atoms with Crippen LogP contribution in [0.25, 0.3) is 0 Å². The Balaban J connectivity index is 0.000000251. The van der Waals surface area contributed by atoms with Crippen LogP contribution < -0.4 is 35.6 Å². The summed E-state index contributed by atoms with van der Waals surface area (Å²) < 4.78 is 1.58. The van der Waals surface area contributed by atoms with Crippen LogP contribution in [0, 0.1) is 27.7 Å². The molecule has 4 saturated heterocycles. The van der Waals surface area contributed by atoms with E-state index in [1.807, 2.05) is 0 Å². The molecule has 0 unspecified atom stereocenters. The Morgan fingerprint density at radius 2 is 1.14 bits per heavy atom. The van der Waals surface area contributed by atoms with Crippen LogP contribution in [0.4, 0.5) is 46.0 Å². The fourth-order valence-corrected chi connectivity index (χ4v) is 7.78. The first-order chi connectivity index (χ1) is 35.9. The van der Waals surface area contributed by atoms with Crippen molar-refractivity contribution in [1.29, 1.82) is 0 Å². The van der Waals surface area contributed by atoms with Crippen LogP contribution in [0.3, 0.4) is 0 Å². The van der Waals surface area contributed by atoms with Crippen molar-refractivity contribution < 1.29 is 54.0 Å². The van der Waals surface area contributed by atoms with Gasteiger partial charge in [0.25, 0.3) is 5.15 Å². The van der Waals surface area contributed by atoms with Gasteiger partial charge in [0.1, 0.15) is 16.2 Å². The monoisotopic (exact) mass is 1270 g/mol. The second-order valence-corrected chi connectivity index (χ2v) is 17.8. The molecule has 4 N–H and O–H groups in total. The number of carbonyl (C=O) groups excluding carboxylic acids is 4. The number of nitrogens with two attached hydrogens (primary N) is 1. The molecule has 4 aliphatic rings. The van der Waals surface area contributed by atoms with Crippen LogP contribution in [0.15, 0.2) is 85.7 Å². The average Bonchev–Trinajstić information content (AvgIpc) is 4.24. The first-order valence-electron chi connectivity index (χ1n) is 22.4. The van der Waals surface area contributed by atoms with Gasteiger partial charge in [-0.25, -0.2) is 29.5 Å². The maximum atomic E-state index is 11.9. The molecule has 0 aromatic carbocycles. The van der Waals surface area contributed by atoms with Gasteiger partial charge in [-0.2, -0.15) is 4.98 Å². The molecule has 0 radical (unpaired) electrons. The van der Waals surface area contributed by atoms with E-state index in [0.717, 1.165) is 45.2 Å². The molecule has 412 valence electrons. The van der Waals surface area contributed by atoms with Crippen molar-refractivity contribution in [2.75, 3.05) is 51.9 Å². The minimum absolute atomic E-state index is 0. The normalized spacial score (nSPS) is 14.0. The van der Waals surface area contributed by atoms with E-state index < -0.39 is 9.85 Å². The minimum Gasteiger partial charge on any atom is -0.396 e. The van der Waals surface area contributed by atoms with Crippen molar-refractivity contribution in [3.8, 4) is 0 Å². The van der Waals surface area contributed by atoms with Crippen molar-refractivity contribution in [2.24, 2.45) is 7.05 Å². The van der Waals surface area contributed by atoms with Crippen LogP contribution in [0.2, 0.25) is 30.9 Å². The number of hydrogen-bond donors (Lipinski definition) is 3. The summed E-state index contributed by atoms with van der Waals surface area (Å²) in [4.78, 5) is 96.5. The Labute approximate surface area is 485 Å². The number of nitro groups is 2. The predicted molar refractivity (Wildman–Crippen MR) is 289 cm³/mol. The van der Waals surface area contributed by atoms with Gasteiger partial charge in [-0.3, -0.25) is 54.1 Å². The first kappa shape index (κ1) is 64.7. The van der Waals surface area contributed by atoms with Crippen LogP contribution >= 0.6 is 69.6 Å². The summed E-state index contributed by atoms with van der Waals surface area (Å²) >= 11 is 33.9. The number of carbonyl (C=O) groups is 4. The van der Waals surface area contributed by atoms with Gasteiger partial charge < -0.3 is 23.8 Å². The molecule has 4 aliphatic heterocycles. The van der Waals surface area contributed by atoms with Gasteiger partial charge in [0.2, 0.25) is 39.9 Å². The second-order valence-electron chi connectivity index (χ2n) is 15.6. The first-order valence-corrected chi connectivity index (χ1v) is 24.6. The summed E-state index contributed by atoms with van der Waals surface area (Å²) in [5.41, 5.74) is 6.64. The number of rotatable bonds is 7. The van der Waals surface area contributed by atoms with Gasteiger partial charge in [0.15, 0.2) is 17.5 Å². The molecule has 10 heterocycles. The van der Waals surface area contributed by atoms with E-state index in [9.17, 15) is 39.4 Å². The summed E-state index contributed by atoms with van der Waals surface area (Å²) in [6.45, 7) is 2.79. The third kappa shape index (κ3) is 19.4. The van der Waals surface area contributed by atoms with E-state index >= 15 is 0 Å². The molecular formula is C46H48Cl6N16O8Pd. The molecule has 0 aliphatic carbocycles. The third-order valence-corrected chi connectivity index (χ3v) is 12.1. The van der Waals surface area contributed by atoms with E-state index in [2.05, 4.69) is 45.5 Å². The topological polar surface area (TPSA) is 308 Å². The van der Waals surface area contributed by atoms with Gasteiger partial charge in [-0.05, 0) is 90.3 Å². The molecule has 0 saturated carbocycles. The van der Waals surface area contributed by atoms with Crippen molar-refractivity contribution in [2.45, 2.75) is 51.4 Å². The van der Waals surface area contributed by atoms with Gasteiger partial charge in [-0.1, -0.05) is 34.8 Å². The minimum atomic E-state index is -0.574. The zero-order valence-electron chi connectivity index (χ0n) is 40.8. The maximum absolute atomic E-state index is 11.9. The smallest absolute Gasteiger partial charge is 0.396 e. The number of nitrogen functional groups attached to an aromatic ring is 1. The maximum Gasteiger partial charge on any atom is 0.397 e. The summed E-state index contributed by atoms with van der Waals surface area (Å²) in [6.07, 6.45) is 15.0. The summed E-state index contributed by atoms with van der Waals surface area (Å²) in [5.74, 6) is 1.97. The Kier molecular flexibility index (Phi) is 27.1. The number of anilines is 6. The van der Waals surface area contributed by atoms with Crippen LogP contribution in [0.1, 0.15) is 51.4 Å². The number of aromatic nitrogens is 8. The third-order valence-electron chi connectivity index (χ3n) is 10.3. The molecular weight excluding hydrogens is 1220 g/mol. The summed E-state index contributed by atoms with van der Waals surface area (Å²) in [7, 11) is 1.73. The quantitative estimate of drug-likeness (QED) is 0.0196. The molecule has 0 spiro atoms. The van der Waals surface area contributed by atoms with Crippen molar-refractivity contribution in [3.63, 3.8) is 0 Å². The Hall–Kier alpha value is -6.56. The molecule has 4 amide bonds. The number of nitrogens with one attached hydrogen (secondary N) is 2. The zero-order valence-corrected chi connectivity index (χ0v) is 46.9. The number of aryl methyl sites for hydroxylation is 1. The molecule has 31 heteroatoms. The molecule has 0 atom stereocenters. The van der Waals surface area contributed by atoms with E-state index in [4.69, 9.17) is 75.3 Å². The van der Waals surface area contributed by atoms with E-state index in [1.54, 1.807) is 64.3 Å². The predicted octanol–water partition coefficient (Wildman–Crippen LogP) is 8.81. The number of amides is 4. The number of hydrogen-bond acceptors (Lipinski definition) is 17. The van der Waals surface area contributed by atoms with Gasteiger partial charge in [0.05, 0.1) is 34.5 Å². The summed E-state index contributed by atoms with van der Waals surface area (Å²) in [5, 5.41) is 27.8. The largest absolute Gasteiger partial charge is 0.397 e. The number of halogens is 6. The molecule has 10 rings (SSSR count). The Morgan fingerprint density at radius 1 is 0.636 bits per heavy atom. The van der Waals surface area contributed by atoms with Crippen molar-refractivity contribution in [1.82, 2.24) is 40.2 Å². The standard InChI is InChI=1S/C13H11Cl2N5O.C9H9N3O3.C9H11N3O.C5H4Cl3N2.C5H3ClN2O2.C4H7NO.CH3.Pd/c14-8-7-17-13(15)19-11(8)18-9-3-1-5-16-12(9)20-6-2-4-10(20)21;13-8-4-2-6-11(8)9-7(12(14)15)3-1-5-10-9;10-7-3-1-5-11-9(7)12-6-2-4-8(12)13;1-10-2-3(6)4(7)9-5(10)8;6-5-4(8(9)10)2-1-3-7-5;6-4-2-1-3-5-4;;/h1,3,5,7H,2,4,6H2,(H,17,18,19);1,3,5H,2,4,6H2;1,3,5H,2,4,6,10H2;2H,1H3;1-3H;1-3H2,(H,5,6);1H3;/q;;;+1;;;-1;. The molecule has 6 aromatic rings. The molecule has 24 nitrogen and oxygen atoms in total. The SMILES string of the molecule is C[n+]1cc(Cl)c(Cl)nc1Cl.Nc1cccnc1N1CCCC1=O.O=C1CCCN1.O=C1CCCN1c1ncccc1Nc1nc(Cl)ncc1Cl.O=C1CCCN1c1ncccc1[N+](=O)[O-].O=[N+]([O-])c1cccnc1Cl.[CH3-].[Pd]. The zero-order chi connectivity index (χ0) is 54.6. The van der Waals surface area contributed by atoms with Crippen molar-refractivity contribution in [3.05, 3.63) is 144 Å². The van der Waals surface area contributed by atoms with Gasteiger partial charge in [-0.15, -0.1) is 0 Å². The van der Waals surface area contributed by atoms with Crippen LogP contribution in [-0.4, -0.2) is 94.5 Å². The number of nitrogens with zero attached hydrogens (tertiary/aromatic N) is 13. The average molecular weight is 1270 g/mol. The molecule has 6 aromatic heterocycles. The Morgan fingerprint density at radius 3 is 1.61 bits per heavy atom.